The molecule has 0 saturated carbocycles. The van der Waals surface area contributed by atoms with E-state index >= 15 is 0 Å². The highest BCUT2D eigenvalue weighted by Gasteiger charge is 1.95. The Morgan fingerprint density at radius 2 is 1.86 bits per heavy atom. The second-order valence-electron chi connectivity index (χ2n) is 3.23. The van der Waals surface area contributed by atoms with Gasteiger partial charge in [0.1, 0.15) is 0 Å². The normalized spacial score (nSPS) is 10.2. The quantitative estimate of drug-likeness (QED) is 0.478. The fourth-order valence-corrected chi connectivity index (χ4v) is 1.20. The highest BCUT2D eigenvalue weighted by molar-refractivity contribution is 5.66. The minimum absolute atomic E-state index is 0.286. The maximum absolute atomic E-state index is 10.2. The van der Waals surface area contributed by atoms with E-state index in [0.29, 0.717) is 0 Å². The average molecular weight is 195 g/mol. The summed E-state index contributed by atoms with van der Waals surface area (Å²) in [6, 6.07) is 1.95. The summed E-state index contributed by atoms with van der Waals surface area (Å²) >= 11 is 0. The molecule has 3 nitrogen and oxygen atoms in total. The Kier molecular flexibility index (Phi) is 8.88. The van der Waals surface area contributed by atoms with Crippen molar-refractivity contribution in [2.45, 2.75) is 44.9 Å². The van der Waals surface area contributed by atoms with Crippen LogP contribution in [0.2, 0.25) is 0 Å². The van der Waals surface area contributed by atoms with Gasteiger partial charge in [0.15, 0.2) is 0 Å². The molecular formula is C11H17NO2. The predicted molar refractivity (Wildman–Crippen MR) is 54.7 cm³/mol. The van der Waals surface area contributed by atoms with Crippen molar-refractivity contribution in [2.24, 2.45) is 0 Å². The molecule has 1 N–H and O–H groups in total. The van der Waals surface area contributed by atoms with Crippen LogP contribution in [0, 0.1) is 11.3 Å². The van der Waals surface area contributed by atoms with E-state index in [1.54, 1.807) is 0 Å². The number of allylic oxidation sites excluding steroid dienone is 2. The number of unbranched alkanes of at least 4 members (excludes halogenated alkanes) is 5. The van der Waals surface area contributed by atoms with E-state index in [-0.39, 0.29) is 6.42 Å². The third-order valence-corrected chi connectivity index (χ3v) is 1.95. The van der Waals surface area contributed by atoms with E-state index in [1.165, 1.54) is 6.08 Å². The van der Waals surface area contributed by atoms with Crippen LogP contribution in [0.4, 0.5) is 0 Å². The number of rotatable bonds is 8. The topological polar surface area (TPSA) is 61.1 Å². The van der Waals surface area contributed by atoms with E-state index < -0.39 is 5.97 Å². The van der Waals surface area contributed by atoms with Gasteiger partial charge in [-0.2, -0.15) is 5.26 Å². The minimum atomic E-state index is -0.707. The van der Waals surface area contributed by atoms with Crippen molar-refractivity contribution < 1.29 is 9.90 Å². The lowest BCUT2D eigenvalue weighted by molar-refractivity contribution is -0.137. The number of carboxylic acid groups (broad SMARTS) is 1. The van der Waals surface area contributed by atoms with E-state index in [1.807, 2.05) is 12.1 Å². The van der Waals surface area contributed by atoms with Crippen molar-refractivity contribution in [1.29, 1.82) is 5.26 Å². The summed E-state index contributed by atoms with van der Waals surface area (Å²) in [4.78, 5) is 10.2. The Morgan fingerprint density at radius 1 is 1.21 bits per heavy atom. The molecule has 0 rings (SSSR count). The molecular weight excluding hydrogens is 178 g/mol. The Morgan fingerprint density at radius 3 is 2.50 bits per heavy atom. The predicted octanol–water partition coefficient (Wildman–Crippen LogP) is 2.88. The lowest BCUT2D eigenvalue weighted by atomic mass is 10.1. The van der Waals surface area contributed by atoms with Crippen LogP contribution in [0.3, 0.4) is 0 Å². The van der Waals surface area contributed by atoms with Crippen LogP contribution in [0.25, 0.3) is 0 Å². The Bertz CT molecular complexity index is 216. The zero-order chi connectivity index (χ0) is 10.6. The summed E-state index contributed by atoms with van der Waals surface area (Å²) in [5.74, 6) is -0.707. The van der Waals surface area contributed by atoms with Crippen molar-refractivity contribution in [3.8, 4) is 6.07 Å². The fourth-order valence-electron chi connectivity index (χ4n) is 1.20. The molecule has 0 unspecified atom stereocenters. The van der Waals surface area contributed by atoms with E-state index in [0.717, 1.165) is 38.5 Å². The molecule has 78 valence electrons. The fraction of sp³-hybridized carbons (Fsp3) is 0.636. The van der Waals surface area contributed by atoms with Crippen LogP contribution < -0.4 is 0 Å². The molecule has 0 aromatic carbocycles. The highest BCUT2D eigenvalue weighted by atomic mass is 16.4. The second kappa shape index (κ2) is 9.79. The molecule has 0 aliphatic heterocycles. The van der Waals surface area contributed by atoms with Crippen LogP contribution in [-0.2, 0) is 4.79 Å². The molecule has 0 fully saturated rings. The van der Waals surface area contributed by atoms with Crippen LogP contribution in [0.15, 0.2) is 12.2 Å². The maximum Gasteiger partial charge on any atom is 0.303 e. The third kappa shape index (κ3) is 10.7. The SMILES string of the molecule is N#C/C=C/CCCCCCCC(=O)O. The molecule has 3 heteroatoms. The molecule has 0 aliphatic carbocycles. The van der Waals surface area contributed by atoms with Gasteiger partial charge in [-0.3, -0.25) is 4.79 Å². The summed E-state index contributed by atoms with van der Waals surface area (Å²) < 4.78 is 0. The van der Waals surface area contributed by atoms with Crippen molar-refractivity contribution in [1.82, 2.24) is 0 Å². The Labute approximate surface area is 85.0 Å². The van der Waals surface area contributed by atoms with Gasteiger partial charge in [0.05, 0.1) is 6.07 Å². The number of carbonyl (C=O) groups is 1. The summed E-state index contributed by atoms with van der Waals surface area (Å²) in [5, 5.41) is 16.6. The second-order valence-corrected chi connectivity index (χ2v) is 3.23. The number of hydrogen-bond donors (Lipinski definition) is 1. The number of carboxylic acids is 1. The molecule has 0 amide bonds. The molecule has 0 aromatic rings. The van der Waals surface area contributed by atoms with Gasteiger partial charge in [-0.15, -0.1) is 0 Å². The van der Waals surface area contributed by atoms with Gasteiger partial charge in [0.25, 0.3) is 0 Å². The minimum Gasteiger partial charge on any atom is -0.481 e. The smallest absolute Gasteiger partial charge is 0.303 e. The summed E-state index contributed by atoms with van der Waals surface area (Å²) in [7, 11) is 0. The number of aliphatic carboxylic acids is 1. The van der Waals surface area contributed by atoms with Crippen molar-refractivity contribution in [3.63, 3.8) is 0 Å². The van der Waals surface area contributed by atoms with Crippen molar-refractivity contribution in [3.05, 3.63) is 12.2 Å². The Hall–Kier alpha value is -1.30. The van der Waals surface area contributed by atoms with E-state index in [4.69, 9.17) is 10.4 Å². The largest absolute Gasteiger partial charge is 0.481 e. The molecule has 0 atom stereocenters. The van der Waals surface area contributed by atoms with Crippen LogP contribution in [0.1, 0.15) is 44.9 Å². The first-order chi connectivity index (χ1) is 6.77. The van der Waals surface area contributed by atoms with E-state index in [2.05, 4.69) is 0 Å². The van der Waals surface area contributed by atoms with Gasteiger partial charge in [0.2, 0.25) is 0 Å². The van der Waals surface area contributed by atoms with Gasteiger partial charge in [0, 0.05) is 12.5 Å². The highest BCUT2D eigenvalue weighted by Crippen LogP contribution is 2.07. The lowest BCUT2D eigenvalue weighted by Crippen LogP contribution is -1.93. The molecule has 0 radical (unpaired) electrons. The lowest BCUT2D eigenvalue weighted by Gasteiger charge is -1.97. The first kappa shape index (κ1) is 12.7. The van der Waals surface area contributed by atoms with Gasteiger partial charge >= 0.3 is 5.97 Å². The molecule has 0 aliphatic rings. The third-order valence-electron chi connectivity index (χ3n) is 1.95. The van der Waals surface area contributed by atoms with Crippen LogP contribution in [-0.4, -0.2) is 11.1 Å². The standard InChI is InChI=1S/C11H17NO2/c12-10-8-6-4-2-1-3-5-7-9-11(13)14/h6,8H,1-5,7,9H2,(H,13,14)/b8-6+. The number of hydrogen-bond acceptors (Lipinski definition) is 2. The first-order valence-corrected chi connectivity index (χ1v) is 5.04. The summed E-state index contributed by atoms with van der Waals surface area (Å²) in [5.41, 5.74) is 0. The molecule has 0 spiro atoms. The zero-order valence-electron chi connectivity index (χ0n) is 8.41. The monoisotopic (exact) mass is 195 g/mol. The van der Waals surface area contributed by atoms with Gasteiger partial charge < -0.3 is 5.11 Å². The number of nitrogens with zero attached hydrogens (tertiary/aromatic N) is 1. The van der Waals surface area contributed by atoms with Gasteiger partial charge in [-0.25, -0.2) is 0 Å². The van der Waals surface area contributed by atoms with Crippen LogP contribution >= 0.6 is 0 Å². The Balaban J connectivity index is 3.03. The van der Waals surface area contributed by atoms with Gasteiger partial charge in [-0.1, -0.05) is 25.3 Å². The van der Waals surface area contributed by atoms with Gasteiger partial charge in [-0.05, 0) is 19.3 Å². The molecule has 0 aromatic heterocycles. The number of nitriles is 1. The van der Waals surface area contributed by atoms with Crippen molar-refractivity contribution >= 4 is 5.97 Å². The summed E-state index contributed by atoms with van der Waals surface area (Å²) in [6.07, 6.45) is 9.69. The molecule has 0 saturated heterocycles. The molecule has 0 bridgehead atoms. The van der Waals surface area contributed by atoms with E-state index in [9.17, 15) is 4.79 Å². The zero-order valence-corrected chi connectivity index (χ0v) is 8.41. The maximum atomic E-state index is 10.2. The van der Waals surface area contributed by atoms with Crippen molar-refractivity contribution in [2.75, 3.05) is 0 Å². The molecule has 14 heavy (non-hydrogen) atoms. The molecule has 0 heterocycles. The first-order valence-electron chi connectivity index (χ1n) is 5.04. The van der Waals surface area contributed by atoms with Crippen LogP contribution in [0.5, 0.6) is 0 Å². The summed E-state index contributed by atoms with van der Waals surface area (Å²) in [6.45, 7) is 0. The average Bonchev–Trinajstić information content (AvgIpc) is 2.15.